The van der Waals surface area contributed by atoms with Gasteiger partial charge in [-0.2, -0.15) is 0 Å². The van der Waals surface area contributed by atoms with E-state index in [0.29, 0.717) is 0 Å². The molecule has 0 saturated heterocycles. The number of fused-ring (bicyclic) bond motifs is 9. The molecule has 0 aliphatic heterocycles. The Kier molecular flexibility index (Phi) is 3.95. The van der Waals surface area contributed by atoms with Gasteiger partial charge in [0.2, 0.25) is 0 Å². The third kappa shape index (κ3) is 2.26. The van der Waals surface area contributed by atoms with Crippen molar-refractivity contribution in [1.82, 2.24) is 0 Å². The summed E-state index contributed by atoms with van der Waals surface area (Å²) in [6.45, 7) is 2.22. The molecule has 0 saturated carbocycles. The Morgan fingerprint density at radius 2 is 0.590 bits per heavy atom. The summed E-state index contributed by atoms with van der Waals surface area (Å²) in [6.07, 6.45) is 0. The van der Waals surface area contributed by atoms with Crippen molar-refractivity contribution in [1.29, 1.82) is 0 Å². The lowest BCUT2D eigenvalue weighted by Crippen LogP contribution is -2.58. The maximum absolute atomic E-state index is 2.44. The van der Waals surface area contributed by atoms with Crippen LogP contribution in [-0.2, 0) is 10.8 Å². The van der Waals surface area contributed by atoms with Gasteiger partial charge in [0, 0.05) is 0 Å². The van der Waals surface area contributed by atoms with Gasteiger partial charge in [-0.15, -0.1) is 0 Å². The van der Waals surface area contributed by atoms with Crippen LogP contribution in [0, 0.1) is 6.92 Å². The third-order valence-electron chi connectivity index (χ3n) is 9.67. The van der Waals surface area contributed by atoms with Crippen LogP contribution in [0.3, 0.4) is 0 Å². The Bertz CT molecular complexity index is 1900. The van der Waals surface area contributed by atoms with Crippen molar-refractivity contribution >= 4 is 0 Å². The fourth-order valence-electron chi connectivity index (χ4n) is 8.52. The Hall–Kier alpha value is -4.68. The quantitative estimate of drug-likeness (QED) is 0.197. The molecule has 0 radical (unpaired) electrons. The van der Waals surface area contributed by atoms with E-state index in [1.807, 2.05) is 0 Å². The number of aryl methyl sites for hydroxylation is 1. The Morgan fingerprint density at radius 1 is 0.308 bits per heavy atom. The molecule has 3 aliphatic carbocycles. The van der Waals surface area contributed by atoms with E-state index in [-0.39, 0.29) is 0 Å². The molecule has 0 spiro atoms. The predicted molar refractivity (Wildman–Crippen MR) is 160 cm³/mol. The lowest BCUT2D eigenvalue weighted by Gasteiger charge is -2.62. The van der Waals surface area contributed by atoms with E-state index in [1.165, 1.54) is 72.3 Å². The maximum atomic E-state index is 2.44. The van der Waals surface area contributed by atoms with E-state index in [9.17, 15) is 0 Å². The maximum Gasteiger partial charge on any atom is 0.0647 e. The van der Waals surface area contributed by atoms with Gasteiger partial charge in [-0.25, -0.2) is 0 Å². The fraction of sp³-hybridized carbons (Fsp3) is 0.0769. The smallest absolute Gasteiger partial charge is 0.0619 e. The molecule has 182 valence electrons. The van der Waals surface area contributed by atoms with E-state index in [2.05, 4.69) is 146 Å². The number of hydrogen-bond acceptors (Lipinski definition) is 0. The second-order valence-electron chi connectivity index (χ2n) is 11.3. The van der Waals surface area contributed by atoms with Crippen molar-refractivity contribution in [2.24, 2.45) is 0 Å². The van der Waals surface area contributed by atoms with Crippen LogP contribution in [0.4, 0.5) is 0 Å². The molecule has 0 atom stereocenters. The topological polar surface area (TPSA) is 0 Å². The molecule has 9 rings (SSSR count). The summed E-state index contributed by atoms with van der Waals surface area (Å²) in [5.41, 5.74) is 16.8. The fourth-order valence-corrected chi connectivity index (χ4v) is 8.52. The van der Waals surface area contributed by atoms with Gasteiger partial charge in [-0.1, -0.05) is 145 Å². The summed E-state index contributed by atoms with van der Waals surface area (Å²) in [6, 6.07) is 53.1. The molecule has 6 aromatic rings. The highest BCUT2D eigenvalue weighted by Crippen LogP contribution is 2.72. The van der Waals surface area contributed by atoms with Crippen LogP contribution < -0.4 is 0 Å². The van der Waals surface area contributed by atoms with Crippen molar-refractivity contribution in [3.05, 3.63) is 178 Å². The Balaban J connectivity index is 1.66. The first-order valence-electron chi connectivity index (χ1n) is 13.9. The van der Waals surface area contributed by atoms with Gasteiger partial charge in [0.1, 0.15) is 0 Å². The highest BCUT2D eigenvalue weighted by atomic mass is 14.7. The Labute approximate surface area is 229 Å². The monoisotopic (exact) mass is 494 g/mol. The zero-order valence-corrected chi connectivity index (χ0v) is 21.8. The molecule has 0 heterocycles. The third-order valence-corrected chi connectivity index (χ3v) is 9.67. The van der Waals surface area contributed by atoms with Gasteiger partial charge in [0.15, 0.2) is 0 Å². The molecule has 0 unspecified atom stereocenters. The number of hydrogen-bond donors (Lipinski definition) is 0. The van der Waals surface area contributed by atoms with Gasteiger partial charge in [-0.05, 0) is 73.7 Å². The zero-order chi connectivity index (χ0) is 25.8. The second-order valence-corrected chi connectivity index (χ2v) is 11.3. The minimum atomic E-state index is -0.430. The molecular formula is C39H26. The van der Waals surface area contributed by atoms with Crippen LogP contribution in [0.5, 0.6) is 0 Å². The molecule has 0 amide bonds. The van der Waals surface area contributed by atoms with E-state index in [4.69, 9.17) is 0 Å². The van der Waals surface area contributed by atoms with Gasteiger partial charge in [0.25, 0.3) is 0 Å². The average Bonchev–Trinajstić information content (AvgIpc) is 3.01. The van der Waals surface area contributed by atoms with Crippen LogP contribution in [0.15, 0.2) is 140 Å². The van der Waals surface area contributed by atoms with Crippen LogP contribution in [0.2, 0.25) is 0 Å². The summed E-state index contributed by atoms with van der Waals surface area (Å²) < 4.78 is 0. The molecule has 39 heavy (non-hydrogen) atoms. The van der Waals surface area contributed by atoms with Crippen molar-refractivity contribution in [2.75, 3.05) is 0 Å². The molecular weight excluding hydrogens is 468 g/mol. The molecule has 0 nitrogen and oxygen atoms in total. The molecule has 3 aliphatic rings. The summed E-state index contributed by atoms with van der Waals surface area (Å²) in [5, 5.41) is 0. The SMILES string of the molecule is Cc1ccc2c(c1)-c1ccccc1C13c4ccccc4-c4ccccc4C21c1ccccc1-c1ccccc13. The van der Waals surface area contributed by atoms with Crippen LogP contribution in [0.1, 0.15) is 38.9 Å². The summed E-state index contributed by atoms with van der Waals surface area (Å²) >= 11 is 0. The van der Waals surface area contributed by atoms with Gasteiger partial charge < -0.3 is 0 Å². The lowest BCUT2D eigenvalue weighted by molar-refractivity contribution is 0.405. The molecule has 0 aromatic heterocycles. The molecule has 6 aromatic carbocycles. The van der Waals surface area contributed by atoms with E-state index in [0.717, 1.165) is 0 Å². The Morgan fingerprint density at radius 3 is 0.949 bits per heavy atom. The van der Waals surface area contributed by atoms with Gasteiger partial charge >= 0.3 is 0 Å². The highest BCUT2D eigenvalue weighted by molar-refractivity contribution is 5.98. The standard InChI is InChI=1S/C39H26/c1-25-22-23-37-31(24-25)30-16-6-11-21-36(30)38-32-17-7-2-12-26(32)28-14-4-9-19-34(28)39(37,38)35-20-10-5-15-29(35)27-13-3-8-18-33(27)38/h2-24H,1H3. The molecule has 0 N–H and O–H groups in total. The lowest BCUT2D eigenvalue weighted by atomic mass is 9.38. The number of benzene rings is 6. The number of rotatable bonds is 0. The first-order chi connectivity index (χ1) is 19.3. The zero-order valence-electron chi connectivity index (χ0n) is 21.8. The van der Waals surface area contributed by atoms with Crippen LogP contribution in [-0.4, -0.2) is 0 Å². The first kappa shape index (κ1) is 21.3. The molecule has 0 heteroatoms. The van der Waals surface area contributed by atoms with Crippen LogP contribution >= 0.6 is 0 Å². The summed E-state index contributed by atoms with van der Waals surface area (Å²) in [5.74, 6) is 0. The van der Waals surface area contributed by atoms with Crippen molar-refractivity contribution in [3.63, 3.8) is 0 Å². The molecule has 0 fully saturated rings. The predicted octanol–water partition coefficient (Wildman–Crippen LogP) is 9.31. The highest BCUT2D eigenvalue weighted by Gasteiger charge is 2.66. The van der Waals surface area contributed by atoms with E-state index in [1.54, 1.807) is 0 Å². The van der Waals surface area contributed by atoms with Crippen molar-refractivity contribution < 1.29 is 0 Å². The van der Waals surface area contributed by atoms with Crippen molar-refractivity contribution in [3.8, 4) is 33.4 Å². The normalized spacial score (nSPS) is 20.6. The van der Waals surface area contributed by atoms with E-state index < -0.39 is 10.8 Å². The summed E-state index contributed by atoms with van der Waals surface area (Å²) in [7, 11) is 0. The summed E-state index contributed by atoms with van der Waals surface area (Å²) in [4.78, 5) is 0. The van der Waals surface area contributed by atoms with E-state index >= 15 is 0 Å². The minimum Gasteiger partial charge on any atom is -0.0619 e. The van der Waals surface area contributed by atoms with Crippen LogP contribution in [0.25, 0.3) is 33.4 Å². The average molecular weight is 495 g/mol. The largest absolute Gasteiger partial charge is 0.0647 e. The molecule has 0 bridgehead atoms. The van der Waals surface area contributed by atoms with Gasteiger partial charge in [0.05, 0.1) is 10.8 Å². The van der Waals surface area contributed by atoms with Gasteiger partial charge in [-0.3, -0.25) is 0 Å². The minimum absolute atomic E-state index is 0.429. The second kappa shape index (κ2) is 7.24. The first-order valence-corrected chi connectivity index (χ1v) is 13.9. The van der Waals surface area contributed by atoms with Crippen molar-refractivity contribution in [2.45, 2.75) is 17.8 Å².